The summed E-state index contributed by atoms with van der Waals surface area (Å²) >= 11 is 0. The normalized spacial score (nSPS) is 11.3. The van der Waals surface area contributed by atoms with E-state index in [0.717, 1.165) is 18.5 Å². The Morgan fingerprint density at radius 2 is 2.04 bits per heavy atom. The van der Waals surface area contributed by atoms with Crippen LogP contribution >= 0.6 is 0 Å². The van der Waals surface area contributed by atoms with E-state index < -0.39 is 17.7 Å². The van der Waals surface area contributed by atoms with E-state index in [2.05, 4.69) is 10.3 Å². The second-order valence-corrected chi connectivity index (χ2v) is 6.56. The summed E-state index contributed by atoms with van der Waals surface area (Å²) in [5, 5.41) is 11.7. The van der Waals surface area contributed by atoms with Gasteiger partial charge in [-0.05, 0) is 52.3 Å². The Kier molecular flexibility index (Phi) is 8.18. The lowest BCUT2D eigenvalue weighted by molar-refractivity contribution is -0.138. The number of alkyl carbamates (subject to hydrolysis) is 1. The molecule has 1 aromatic heterocycles. The van der Waals surface area contributed by atoms with Crippen LogP contribution in [0, 0.1) is 0 Å². The first-order valence-electron chi connectivity index (χ1n) is 8.07. The lowest BCUT2D eigenvalue weighted by atomic mass is 10.2. The predicted octanol–water partition coefficient (Wildman–Crippen LogP) is 2.27. The third kappa shape index (κ3) is 9.78. The van der Waals surface area contributed by atoms with Crippen molar-refractivity contribution in [3.05, 3.63) is 30.1 Å². The van der Waals surface area contributed by atoms with E-state index >= 15 is 0 Å². The summed E-state index contributed by atoms with van der Waals surface area (Å²) in [5.74, 6) is -0.863. The van der Waals surface area contributed by atoms with Gasteiger partial charge < -0.3 is 15.2 Å². The van der Waals surface area contributed by atoms with Gasteiger partial charge in [-0.15, -0.1) is 0 Å². The van der Waals surface area contributed by atoms with Crippen molar-refractivity contribution < 1.29 is 19.4 Å². The van der Waals surface area contributed by atoms with Crippen LogP contribution in [-0.2, 0) is 16.1 Å². The number of carboxylic acids is 1. The van der Waals surface area contributed by atoms with Crippen molar-refractivity contribution >= 4 is 12.1 Å². The average Bonchev–Trinajstić information content (AvgIpc) is 2.45. The van der Waals surface area contributed by atoms with Crippen LogP contribution in [0.1, 0.15) is 39.3 Å². The van der Waals surface area contributed by atoms with Gasteiger partial charge in [0, 0.05) is 19.3 Å². The van der Waals surface area contributed by atoms with Crippen LogP contribution in [-0.4, -0.2) is 52.3 Å². The number of amides is 1. The molecule has 7 heteroatoms. The average molecular weight is 337 g/mol. The summed E-state index contributed by atoms with van der Waals surface area (Å²) in [5.41, 5.74) is 0.330. The molecule has 0 bridgehead atoms. The largest absolute Gasteiger partial charge is 0.480 e. The highest BCUT2D eigenvalue weighted by atomic mass is 16.6. The molecular weight excluding hydrogens is 310 g/mol. The van der Waals surface area contributed by atoms with Gasteiger partial charge in [-0.1, -0.05) is 6.07 Å². The van der Waals surface area contributed by atoms with Crippen molar-refractivity contribution in [2.45, 2.75) is 45.8 Å². The number of carbonyl (C=O) groups is 2. The first-order chi connectivity index (χ1) is 11.3. The van der Waals surface area contributed by atoms with Crippen molar-refractivity contribution in [1.29, 1.82) is 0 Å². The zero-order chi connectivity index (χ0) is 18.0. The molecule has 0 atom stereocenters. The molecule has 0 aliphatic heterocycles. The lowest BCUT2D eigenvalue weighted by Gasteiger charge is -2.21. The minimum Gasteiger partial charge on any atom is -0.480 e. The van der Waals surface area contributed by atoms with E-state index in [1.807, 2.05) is 43.9 Å². The van der Waals surface area contributed by atoms with Crippen LogP contribution < -0.4 is 5.32 Å². The van der Waals surface area contributed by atoms with Crippen LogP contribution in [0.25, 0.3) is 0 Å². The number of carboxylic acid groups (broad SMARTS) is 1. The Hall–Kier alpha value is -2.15. The Labute approximate surface area is 143 Å². The number of nitrogens with zero attached hydrogens (tertiary/aromatic N) is 2. The fourth-order valence-corrected chi connectivity index (χ4v) is 2.09. The molecular formula is C17H27N3O4. The molecule has 1 amide bonds. The first kappa shape index (κ1) is 19.9. The fraction of sp³-hybridized carbons (Fsp3) is 0.588. The van der Waals surface area contributed by atoms with Gasteiger partial charge in [0.15, 0.2) is 0 Å². The molecule has 0 saturated carbocycles. The van der Waals surface area contributed by atoms with Crippen molar-refractivity contribution in [2.75, 3.05) is 19.6 Å². The molecule has 24 heavy (non-hydrogen) atoms. The summed E-state index contributed by atoms with van der Waals surface area (Å²) in [6, 6.07) is 5.58. The number of rotatable bonds is 9. The molecule has 0 fully saturated rings. The maximum absolute atomic E-state index is 11.5. The van der Waals surface area contributed by atoms with Gasteiger partial charge >= 0.3 is 12.1 Å². The van der Waals surface area contributed by atoms with Crippen LogP contribution in [0.5, 0.6) is 0 Å². The molecule has 0 spiro atoms. The molecule has 0 aromatic carbocycles. The number of aliphatic carboxylic acids is 1. The standard InChI is InChI=1S/C17H27N3O4/c1-17(2,3)24-16(23)19-10-6-7-11-20(13-15(21)22)12-14-8-4-5-9-18-14/h4-5,8-9H,6-7,10-13H2,1-3H3,(H,19,23)(H,21,22). The number of hydrogen-bond donors (Lipinski definition) is 2. The molecule has 1 aromatic rings. The molecule has 0 aliphatic carbocycles. The Bertz CT molecular complexity index is 514. The highest BCUT2D eigenvalue weighted by molar-refractivity contribution is 5.69. The summed E-state index contributed by atoms with van der Waals surface area (Å²) in [6.45, 7) is 7.02. The van der Waals surface area contributed by atoms with Crippen LogP contribution in [0.3, 0.4) is 0 Å². The molecule has 1 rings (SSSR count). The Balaban J connectivity index is 2.30. The van der Waals surface area contributed by atoms with E-state index in [1.54, 1.807) is 6.20 Å². The number of hydrogen-bond acceptors (Lipinski definition) is 5. The van der Waals surface area contributed by atoms with Gasteiger partial charge in [0.2, 0.25) is 0 Å². The minimum atomic E-state index is -0.863. The van der Waals surface area contributed by atoms with Gasteiger partial charge in [-0.25, -0.2) is 4.79 Å². The van der Waals surface area contributed by atoms with Gasteiger partial charge in [0.25, 0.3) is 0 Å². The Morgan fingerprint density at radius 3 is 2.62 bits per heavy atom. The monoisotopic (exact) mass is 337 g/mol. The third-order valence-corrected chi connectivity index (χ3v) is 3.04. The number of unbranched alkanes of at least 4 members (excludes halogenated alkanes) is 1. The number of aromatic nitrogens is 1. The van der Waals surface area contributed by atoms with Crippen LogP contribution in [0.15, 0.2) is 24.4 Å². The molecule has 0 radical (unpaired) electrons. The topological polar surface area (TPSA) is 91.8 Å². The van der Waals surface area contributed by atoms with E-state index in [4.69, 9.17) is 9.84 Å². The number of carbonyl (C=O) groups excluding carboxylic acids is 1. The molecule has 1 heterocycles. The number of ether oxygens (including phenoxy) is 1. The minimum absolute atomic E-state index is 0.0317. The summed E-state index contributed by atoms with van der Waals surface area (Å²) in [6.07, 6.45) is 2.78. The van der Waals surface area contributed by atoms with Crippen molar-refractivity contribution in [1.82, 2.24) is 15.2 Å². The molecule has 0 aliphatic rings. The zero-order valence-electron chi connectivity index (χ0n) is 14.6. The maximum atomic E-state index is 11.5. The summed E-state index contributed by atoms with van der Waals surface area (Å²) in [4.78, 5) is 28.5. The zero-order valence-corrected chi connectivity index (χ0v) is 14.6. The highest BCUT2D eigenvalue weighted by Crippen LogP contribution is 2.07. The first-order valence-corrected chi connectivity index (χ1v) is 8.07. The van der Waals surface area contributed by atoms with Crippen LogP contribution in [0.2, 0.25) is 0 Å². The molecule has 0 saturated heterocycles. The highest BCUT2D eigenvalue weighted by Gasteiger charge is 2.15. The molecule has 0 unspecified atom stereocenters. The van der Waals surface area contributed by atoms with Crippen LogP contribution in [0.4, 0.5) is 4.79 Å². The number of pyridine rings is 1. The lowest BCUT2D eigenvalue weighted by Crippen LogP contribution is -2.34. The van der Waals surface area contributed by atoms with Gasteiger partial charge in [0.1, 0.15) is 5.60 Å². The van der Waals surface area contributed by atoms with E-state index in [9.17, 15) is 9.59 Å². The maximum Gasteiger partial charge on any atom is 0.407 e. The number of nitrogens with one attached hydrogen (secondary N) is 1. The van der Waals surface area contributed by atoms with Crippen molar-refractivity contribution in [3.8, 4) is 0 Å². The second-order valence-electron chi connectivity index (χ2n) is 6.56. The van der Waals surface area contributed by atoms with E-state index in [1.165, 1.54) is 0 Å². The molecule has 7 nitrogen and oxygen atoms in total. The van der Waals surface area contributed by atoms with Crippen molar-refractivity contribution in [2.24, 2.45) is 0 Å². The summed E-state index contributed by atoms with van der Waals surface area (Å²) < 4.78 is 5.15. The smallest absolute Gasteiger partial charge is 0.407 e. The second kappa shape index (κ2) is 9.87. The Morgan fingerprint density at radius 1 is 1.29 bits per heavy atom. The quantitative estimate of drug-likeness (QED) is 0.672. The van der Waals surface area contributed by atoms with E-state index in [-0.39, 0.29) is 6.54 Å². The van der Waals surface area contributed by atoms with Gasteiger partial charge in [-0.3, -0.25) is 14.7 Å². The fourth-order valence-electron chi connectivity index (χ4n) is 2.09. The van der Waals surface area contributed by atoms with Crippen molar-refractivity contribution in [3.63, 3.8) is 0 Å². The third-order valence-electron chi connectivity index (χ3n) is 3.04. The predicted molar refractivity (Wildman–Crippen MR) is 90.6 cm³/mol. The summed E-state index contributed by atoms with van der Waals surface area (Å²) in [7, 11) is 0. The van der Waals surface area contributed by atoms with E-state index in [0.29, 0.717) is 19.6 Å². The van der Waals surface area contributed by atoms with Gasteiger partial charge in [-0.2, -0.15) is 0 Å². The molecule has 134 valence electrons. The SMILES string of the molecule is CC(C)(C)OC(=O)NCCCCN(CC(=O)O)Cc1ccccn1. The molecule has 2 N–H and O–H groups in total. The van der Waals surface area contributed by atoms with Gasteiger partial charge in [0.05, 0.1) is 12.2 Å².